The SMILES string of the molecule is C#CCNC(=O)C(C)NCC(=C)Br. The summed E-state index contributed by atoms with van der Waals surface area (Å²) in [5, 5.41) is 5.54. The van der Waals surface area contributed by atoms with Crippen LogP contribution in [0.4, 0.5) is 0 Å². The van der Waals surface area contributed by atoms with Crippen molar-refractivity contribution in [3.05, 3.63) is 11.1 Å². The zero-order chi connectivity index (χ0) is 10.3. The van der Waals surface area contributed by atoms with Crippen LogP contribution in [0.25, 0.3) is 0 Å². The maximum atomic E-state index is 11.2. The normalized spacial score (nSPS) is 11.5. The van der Waals surface area contributed by atoms with E-state index in [1.807, 2.05) is 0 Å². The molecular weight excluding hydrogens is 232 g/mol. The van der Waals surface area contributed by atoms with Crippen molar-refractivity contribution in [2.24, 2.45) is 0 Å². The van der Waals surface area contributed by atoms with Gasteiger partial charge >= 0.3 is 0 Å². The maximum absolute atomic E-state index is 11.2. The van der Waals surface area contributed by atoms with E-state index in [1.165, 1.54) is 0 Å². The fourth-order valence-corrected chi connectivity index (χ4v) is 0.810. The van der Waals surface area contributed by atoms with E-state index in [1.54, 1.807) is 6.92 Å². The van der Waals surface area contributed by atoms with Gasteiger partial charge in [-0.2, -0.15) is 0 Å². The van der Waals surface area contributed by atoms with E-state index in [0.29, 0.717) is 6.54 Å². The number of carbonyl (C=O) groups is 1. The van der Waals surface area contributed by atoms with Gasteiger partial charge < -0.3 is 10.6 Å². The number of amides is 1. The van der Waals surface area contributed by atoms with E-state index in [4.69, 9.17) is 6.42 Å². The monoisotopic (exact) mass is 244 g/mol. The van der Waals surface area contributed by atoms with Crippen molar-refractivity contribution in [1.82, 2.24) is 10.6 Å². The summed E-state index contributed by atoms with van der Waals surface area (Å²) in [6.07, 6.45) is 4.99. The Labute approximate surface area is 87.1 Å². The molecule has 1 atom stereocenters. The van der Waals surface area contributed by atoms with Crippen LogP contribution in [0.15, 0.2) is 11.1 Å². The van der Waals surface area contributed by atoms with Gasteiger partial charge in [-0.3, -0.25) is 4.79 Å². The van der Waals surface area contributed by atoms with Gasteiger partial charge in [0.15, 0.2) is 0 Å². The molecule has 0 rings (SSSR count). The number of halogens is 1. The van der Waals surface area contributed by atoms with E-state index in [9.17, 15) is 4.79 Å². The molecule has 0 saturated carbocycles. The molecule has 0 aromatic heterocycles. The molecule has 0 aromatic carbocycles. The van der Waals surface area contributed by atoms with Crippen molar-refractivity contribution < 1.29 is 4.79 Å². The van der Waals surface area contributed by atoms with Crippen molar-refractivity contribution in [2.75, 3.05) is 13.1 Å². The summed E-state index contributed by atoms with van der Waals surface area (Å²) in [6.45, 7) is 6.23. The summed E-state index contributed by atoms with van der Waals surface area (Å²) in [5.41, 5.74) is 0. The van der Waals surface area contributed by atoms with Gasteiger partial charge in [0.05, 0.1) is 12.6 Å². The molecule has 0 spiro atoms. The Morgan fingerprint density at radius 1 is 1.77 bits per heavy atom. The lowest BCUT2D eigenvalue weighted by atomic mass is 10.3. The Hall–Kier alpha value is -0.790. The van der Waals surface area contributed by atoms with Gasteiger partial charge in [0.1, 0.15) is 0 Å². The third-order valence-electron chi connectivity index (χ3n) is 1.36. The highest BCUT2D eigenvalue weighted by molar-refractivity contribution is 9.11. The molecule has 0 fully saturated rings. The van der Waals surface area contributed by atoms with Gasteiger partial charge in [0.2, 0.25) is 5.91 Å². The average Bonchev–Trinajstić information content (AvgIpc) is 2.10. The highest BCUT2D eigenvalue weighted by Gasteiger charge is 2.10. The van der Waals surface area contributed by atoms with E-state index < -0.39 is 0 Å². The molecular formula is C9H13BrN2O. The van der Waals surface area contributed by atoms with Crippen LogP contribution in [0.5, 0.6) is 0 Å². The smallest absolute Gasteiger partial charge is 0.237 e. The number of terminal acetylenes is 1. The lowest BCUT2D eigenvalue weighted by Crippen LogP contribution is -2.42. The van der Waals surface area contributed by atoms with Crippen molar-refractivity contribution >= 4 is 21.8 Å². The fourth-order valence-electron chi connectivity index (χ4n) is 0.648. The topological polar surface area (TPSA) is 41.1 Å². The van der Waals surface area contributed by atoms with Crippen molar-refractivity contribution in [3.63, 3.8) is 0 Å². The highest BCUT2D eigenvalue weighted by atomic mass is 79.9. The molecule has 0 radical (unpaired) electrons. The molecule has 0 aliphatic heterocycles. The summed E-state index contributed by atoms with van der Waals surface area (Å²) >= 11 is 3.18. The highest BCUT2D eigenvalue weighted by Crippen LogP contribution is 1.97. The summed E-state index contributed by atoms with van der Waals surface area (Å²) in [5.74, 6) is 2.23. The molecule has 0 aliphatic carbocycles. The molecule has 1 unspecified atom stereocenters. The van der Waals surface area contributed by atoms with Crippen LogP contribution in [0, 0.1) is 12.3 Å². The third-order valence-corrected chi connectivity index (χ3v) is 1.64. The van der Waals surface area contributed by atoms with Crippen LogP contribution in [0.1, 0.15) is 6.92 Å². The second-order valence-electron chi connectivity index (χ2n) is 2.54. The standard InChI is InChI=1S/C9H13BrN2O/c1-4-5-11-9(13)8(3)12-6-7(2)10/h1,8,12H,2,5-6H2,3H3,(H,11,13). The van der Waals surface area contributed by atoms with Crippen LogP contribution in [0.3, 0.4) is 0 Å². The molecule has 0 aromatic rings. The molecule has 1 amide bonds. The molecule has 2 N–H and O–H groups in total. The van der Waals surface area contributed by atoms with Crippen LogP contribution < -0.4 is 10.6 Å². The van der Waals surface area contributed by atoms with Crippen molar-refractivity contribution in [3.8, 4) is 12.3 Å². The van der Waals surface area contributed by atoms with E-state index in [2.05, 4.69) is 39.1 Å². The Morgan fingerprint density at radius 3 is 2.85 bits per heavy atom. The Bertz CT molecular complexity index is 232. The molecule has 3 nitrogen and oxygen atoms in total. The lowest BCUT2D eigenvalue weighted by molar-refractivity contribution is -0.122. The summed E-state index contributed by atoms with van der Waals surface area (Å²) < 4.78 is 0.809. The van der Waals surface area contributed by atoms with E-state index >= 15 is 0 Å². The van der Waals surface area contributed by atoms with E-state index in [0.717, 1.165) is 4.48 Å². The third kappa shape index (κ3) is 6.38. The lowest BCUT2D eigenvalue weighted by Gasteiger charge is -2.11. The van der Waals surface area contributed by atoms with Crippen LogP contribution in [0.2, 0.25) is 0 Å². The van der Waals surface area contributed by atoms with Crippen LogP contribution in [-0.2, 0) is 4.79 Å². The van der Waals surface area contributed by atoms with Crippen LogP contribution in [-0.4, -0.2) is 25.0 Å². The van der Waals surface area contributed by atoms with E-state index in [-0.39, 0.29) is 18.5 Å². The van der Waals surface area contributed by atoms with Gasteiger partial charge in [0, 0.05) is 11.0 Å². The summed E-state index contributed by atoms with van der Waals surface area (Å²) in [7, 11) is 0. The predicted octanol–water partition coefficient (Wildman–Crippen LogP) is 0.622. The maximum Gasteiger partial charge on any atom is 0.237 e. The Kier molecular flexibility index (Phi) is 6.29. The summed E-state index contributed by atoms with van der Waals surface area (Å²) in [6, 6.07) is -0.261. The largest absolute Gasteiger partial charge is 0.344 e. The summed E-state index contributed by atoms with van der Waals surface area (Å²) in [4.78, 5) is 11.2. The predicted molar refractivity (Wildman–Crippen MR) is 57.4 cm³/mol. The molecule has 72 valence electrons. The zero-order valence-electron chi connectivity index (χ0n) is 7.56. The van der Waals surface area contributed by atoms with Gasteiger partial charge in [-0.05, 0) is 6.92 Å². The number of nitrogens with one attached hydrogen (secondary N) is 2. The average molecular weight is 245 g/mol. The minimum absolute atomic E-state index is 0.105. The zero-order valence-corrected chi connectivity index (χ0v) is 9.15. The van der Waals surface area contributed by atoms with Crippen molar-refractivity contribution in [1.29, 1.82) is 0 Å². The van der Waals surface area contributed by atoms with Crippen molar-refractivity contribution in [2.45, 2.75) is 13.0 Å². The first-order chi connectivity index (χ1) is 6.07. The number of carbonyl (C=O) groups excluding carboxylic acids is 1. The quantitative estimate of drug-likeness (QED) is 0.697. The molecule has 0 saturated heterocycles. The molecule has 4 heteroatoms. The van der Waals surface area contributed by atoms with Gasteiger partial charge in [-0.1, -0.05) is 28.4 Å². The minimum Gasteiger partial charge on any atom is -0.344 e. The van der Waals surface area contributed by atoms with Crippen LogP contribution >= 0.6 is 15.9 Å². The fraction of sp³-hybridized carbons (Fsp3) is 0.444. The number of hydrogen-bond acceptors (Lipinski definition) is 2. The number of hydrogen-bond donors (Lipinski definition) is 2. The van der Waals surface area contributed by atoms with Gasteiger partial charge in [0.25, 0.3) is 0 Å². The van der Waals surface area contributed by atoms with Gasteiger partial charge in [-0.25, -0.2) is 0 Å². The second-order valence-corrected chi connectivity index (χ2v) is 3.66. The molecule has 0 aliphatic rings. The minimum atomic E-state index is -0.261. The first-order valence-corrected chi connectivity index (χ1v) is 4.65. The molecule has 13 heavy (non-hydrogen) atoms. The molecule has 0 bridgehead atoms. The number of rotatable bonds is 5. The second kappa shape index (κ2) is 6.70. The first kappa shape index (κ1) is 12.2. The molecule has 0 heterocycles. The Morgan fingerprint density at radius 2 is 2.38 bits per heavy atom. The Balaban J connectivity index is 3.70. The van der Waals surface area contributed by atoms with Gasteiger partial charge in [-0.15, -0.1) is 6.42 Å². The first-order valence-electron chi connectivity index (χ1n) is 3.85.